The Balaban J connectivity index is 2.52. The molecule has 0 N–H and O–H groups in total. The van der Waals surface area contributed by atoms with E-state index in [-0.39, 0.29) is 0 Å². The number of rotatable bonds is 1. The maximum absolute atomic E-state index is 7.71. The van der Waals surface area contributed by atoms with Gasteiger partial charge in [0.05, 0.1) is 6.61 Å². The van der Waals surface area contributed by atoms with Crippen LogP contribution in [-0.4, -0.2) is 25.1 Å². The molecule has 13 heavy (non-hydrogen) atoms. The highest BCUT2D eigenvalue weighted by Gasteiger charge is 2.36. The molecule has 1 unspecified atom stereocenters. The number of likely N-dealkylation sites (N-methyl/N-ethyl adjacent to an activating group) is 1. The lowest BCUT2D eigenvalue weighted by molar-refractivity contribution is -0.0617. The van der Waals surface area contributed by atoms with Gasteiger partial charge in [0, 0.05) is 10.7 Å². The highest BCUT2D eigenvalue weighted by molar-refractivity contribution is 5.21. The first-order chi connectivity index (χ1) is 7.48. The van der Waals surface area contributed by atoms with Crippen molar-refractivity contribution >= 4 is 0 Å². The molecule has 1 aliphatic heterocycles. The van der Waals surface area contributed by atoms with Crippen molar-refractivity contribution in [2.75, 3.05) is 20.2 Å². The lowest BCUT2D eigenvalue weighted by Crippen LogP contribution is -2.36. The van der Waals surface area contributed by atoms with Crippen LogP contribution in [0.1, 0.15) is 16.5 Å². The molecule has 1 aromatic rings. The zero-order chi connectivity index (χ0) is 11.8. The number of nitrogens with zero attached hydrogens (tertiary/aromatic N) is 1. The monoisotopic (exact) mass is 180 g/mol. The third-order valence-corrected chi connectivity index (χ3v) is 2.44. The second kappa shape index (κ2) is 3.13. The maximum Gasteiger partial charge on any atom is 0.144 e. The Kier molecular flexibility index (Phi) is 1.39. The fourth-order valence-electron chi connectivity index (χ4n) is 1.57. The van der Waals surface area contributed by atoms with Crippen molar-refractivity contribution in [2.24, 2.45) is 0 Å². The van der Waals surface area contributed by atoms with E-state index in [1.165, 1.54) is 0 Å². The van der Waals surface area contributed by atoms with Crippen LogP contribution >= 0.6 is 0 Å². The van der Waals surface area contributed by atoms with Crippen LogP contribution < -0.4 is 0 Å². The van der Waals surface area contributed by atoms with E-state index in [1.807, 2.05) is 18.2 Å². The average Bonchev–Trinajstić information content (AvgIpc) is 2.61. The number of benzene rings is 1. The van der Waals surface area contributed by atoms with Crippen LogP contribution in [0.15, 0.2) is 30.3 Å². The first-order valence-corrected chi connectivity index (χ1v) is 4.39. The highest BCUT2D eigenvalue weighted by Crippen LogP contribution is 2.31. The predicted octanol–water partition coefficient (Wildman–Crippen LogP) is 1.82. The second-order valence-corrected chi connectivity index (χ2v) is 3.28. The van der Waals surface area contributed by atoms with Gasteiger partial charge in [0.1, 0.15) is 5.72 Å². The predicted molar refractivity (Wildman–Crippen MR) is 52.4 cm³/mol. The van der Waals surface area contributed by atoms with Gasteiger partial charge in [-0.15, -0.1) is 0 Å². The number of hydrogen-bond donors (Lipinski definition) is 0. The van der Waals surface area contributed by atoms with Crippen LogP contribution in [0.5, 0.6) is 0 Å². The summed E-state index contributed by atoms with van der Waals surface area (Å²) in [7, 11) is 1.78. The Morgan fingerprint density at radius 1 is 1.46 bits per heavy atom. The van der Waals surface area contributed by atoms with Crippen LogP contribution in [0.2, 0.25) is 0 Å². The van der Waals surface area contributed by atoms with Gasteiger partial charge >= 0.3 is 0 Å². The normalized spacial score (nSPS) is 33.8. The molecule has 70 valence electrons. The van der Waals surface area contributed by atoms with E-state index in [9.17, 15) is 0 Å². The summed E-state index contributed by atoms with van der Waals surface area (Å²) in [4.78, 5) is 1.76. The van der Waals surface area contributed by atoms with Crippen molar-refractivity contribution in [1.29, 1.82) is 0 Å². The summed E-state index contributed by atoms with van der Waals surface area (Å²) in [6.07, 6.45) is 0. The molecule has 0 saturated carbocycles. The van der Waals surface area contributed by atoms with Crippen LogP contribution in [0, 0.1) is 0 Å². The third kappa shape index (κ3) is 1.36. The van der Waals surface area contributed by atoms with Gasteiger partial charge in [-0.25, -0.2) is 0 Å². The quantitative estimate of drug-likeness (QED) is 0.653. The van der Waals surface area contributed by atoms with E-state index >= 15 is 0 Å². The lowest BCUT2D eigenvalue weighted by atomic mass is 10.0. The molecule has 0 amide bonds. The molecule has 2 rings (SSSR count). The molecule has 0 aliphatic carbocycles. The SMILES string of the molecule is [2H]C([2H])([2H])C1(c2ccccc2)OCCN1C. The number of ether oxygens (including phenoxy) is 1. The molecule has 1 fully saturated rings. The summed E-state index contributed by atoms with van der Waals surface area (Å²) in [5.41, 5.74) is -0.594. The molecule has 2 heteroatoms. The molecule has 1 saturated heterocycles. The fourth-order valence-corrected chi connectivity index (χ4v) is 1.57. The van der Waals surface area contributed by atoms with Crippen LogP contribution in [0.25, 0.3) is 0 Å². The molecule has 0 radical (unpaired) electrons. The van der Waals surface area contributed by atoms with Crippen molar-refractivity contribution in [3.8, 4) is 0 Å². The van der Waals surface area contributed by atoms with E-state index in [1.54, 1.807) is 24.1 Å². The Morgan fingerprint density at radius 2 is 2.23 bits per heavy atom. The molecule has 0 spiro atoms. The van der Waals surface area contributed by atoms with Crippen molar-refractivity contribution < 1.29 is 8.85 Å². The summed E-state index contributed by atoms with van der Waals surface area (Å²) >= 11 is 0. The van der Waals surface area contributed by atoms with Gasteiger partial charge in [0.2, 0.25) is 0 Å². The third-order valence-electron chi connectivity index (χ3n) is 2.44. The number of hydrogen-bond acceptors (Lipinski definition) is 2. The van der Waals surface area contributed by atoms with Gasteiger partial charge in [-0.2, -0.15) is 0 Å². The van der Waals surface area contributed by atoms with Gasteiger partial charge in [-0.3, -0.25) is 4.90 Å². The van der Waals surface area contributed by atoms with Gasteiger partial charge in [-0.1, -0.05) is 30.3 Å². The summed E-state index contributed by atoms with van der Waals surface area (Å²) in [5.74, 6) is 0. The Morgan fingerprint density at radius 3 is 2.77 bits per heavy atom. The summed E-state index contributed by atoms with van der Waals surface area (Å²) < 4.78 is 28.7. The minimum Gasteiger partial charge on any atom is -0.355 e. The van der Waals surface area contributed by atoms with Crippen LogP contribution in [0.4, 0.5) is 0 Å². The van der Waals surface area contributed by atoms with Gasteiger partial charge in [0.25, 0.3) is 0 Å². The van der Waals surface area contributed by atoms with Crippen molar-refractivity contribution in [1.82, 2.24) is 4.90 Å². The van der Waals surface area contributed by atoms with Crippen LogP contribution in [0.3, 0.4) is 0 Å². The minimum absolute atomic E-state index is 0.448. The molecule has 1 atom stereocenters. The van der Waals surface area contributed by atoms with Gasteiger partial charge < -0.3 is 4.74 Å². The lowest BCUT2D eigenvalue weighted by Gasteiger charge is -2.31. The van der Waals surface area contributed by atoms with Crippen molar-refractivity contribution in [3.05, 3.63) is 35.9 Å². The smallest absolute Gasteiger partial charge is 0.144 e. The van der Waals surface area contributed by atoms with E-state index in [0.717, 1.165) is 0 Å². The van der Waals surface area contributed by atoms with Crippen LogP contribution in [-0.2, 0) is 10.5 Å². The Hall–Kier alpha value is -0.860. The van der Waals surface area contributed by atoms with Crippen molar-refractivity contribution in [3.63, 3.8) is 0 Å². The van der Waals surface area contributed by atoms with E-state index in [4.69, 9.17) is 8.85 Å². The average molecular weight is 180 g/mol. The van der Waals surface area contributed by atoms with E-state index in [2.05, 4.69) is 0 Å². The zero-order valence-electron chi connectivity index (χ0n) is 10.7. The molecular formula is C11H15NO. The summed E-state index contributed by atoms with van der Waals surface area (Å²) in [5, 5.41) is 0. The zero-order valence-corrected chi connectivity index (χ0v) is 7.66. The second-order valence-electron chi connectivity index (χ2n) is 3.28. The molecule has 2 nitrogen and oxygen atoms in total. The van der Waals surface area contributed by atoms with E-state index in [0.29, 0.717) is 18.7 Å². The Bertz CT molecular complexity index is 365. The fraction of sp³-hybridized carbons (Fsp3) is 0.455. The topological polar surface area (TPSA) is 12.5 Å². The highest BCUT2D eigenvalue weighted by atomic mass is 16.5. The minimum atomic E-state index is -2.19. The molecule has 1 heterocycles. The molecule has 0 aromatic heterocycles. The summed E-state index contributed by atoms with van der Waals surface area (Å²) in [6.45, 7) is -1.11. The van der Waals surface area contributed by atoms with Gasteiger partial charge in [-0.05, 0) is 19.5 Å². The van der Waals surface area contributed by atoms with Crippen molar-refractivity contribution in [2.45, 2.75) is 12.6 Å². The largest absolute Gasteiger partial charge is 0.355 e. The molecular weight excluding hydrogens is 162 g/mol. The molecule has 1 aliphatic rings. The summed E-state index contributed by atoms with van der Waals surface area (Å²) in [6, 6.07) is 9.13. The molecule has 0 bridgehead atoms. The van der Waals surface area contributed by atoms with Gasteiger partial charge in [0.15, 0.2) is 0 Å². The first kappa shape index (κ1) is 5.78. The molecule has 1 aromatic carbocycles. The maximum atomic E-state index is 7.71. The standard InChI is InChI=1S/C11H15NO/c1-11(12(2)8-9-13-11)10-6-4-3-5-7-10/h3-7H,8-9H2,1-2H3/i1D3. The first-order valence-electron chi connectivity index (χ1n) is 5.89. The Labute approximate surface area is 83.3 Å². The van der Waals surface area contributed by atoms with E-state index < -0.39 is 12.6 Å².